The maximum absolute atomic E-state index is 8.71. The van der Waals surface area contributed by atoms with Crippen LogP contribution in [0, 0.1) is 0 Å². The van der Waals surface area contributed by atoms with Crippen LogP contribution in [0.2, 0.25) is 5.02 Å². The minimum Gasteiger partial charge on any atom is -0.409 e. The Morgan fingerprint density at radius 2 is 2.00 bits per heavy atom. The van der Waals surface area contributed by atoms with Crippen LogP contribution in [0.3, 0.4) is 0 Å². The molecule has 0 bridgehead atoms. The van der Waals surface area contributed by atoms with E-state index in [1.165, 1.54) is 11.8 Å². The largest absolute Gasteiger partial charge is 0.409 e. The maximum atomic E-state index is 8.71. The van der Waals surface area contributed by atoms with Crippen molar-refractivity contribution in [1.29, 1.82) is 0 Å². The molecule has 2 rings (SSSR count). The highest BCUT2D eigenvalue weighted by molar-refractivity contribution is 7.99. The standard InChI is InChI=1S/C12H10ClN3OS/c13-8-3-5-9(6-4-8)18-10-2-1-7-15-11(10)12(14)16-17/h1-7,17H,(H2,14,16). The molecule has 0 aliphatic heterocycles. The first kappa shape index (κ1) is 12.7. The summed E-state index contributed by atoms with van der Waals surface area (Å²) in [5.41, 5.74) is 6.03. The van der Waals surface area contributed by atoms with Crippen LogP contribution in [0.4, 0.5) is 0 Å². The lowest BCUT2D eigenvalue weighted by atomic mass is 10.3. The summed E-state index contributed by atoms with van der Waals surface area (Å²) in [6.07, 6.45) is 1.60. The number of nitrogens with zero attached hydrogens (tertiary/aromatic N) is 2. The fraction of sp³-hybridized carbons (Fsp3) is 0. The third-order valence-electron chi connectivity index (χ3n) is 2.16. The van der Waals surface area contributed by atoms with Crippen molar-refractivity contribution in [3.8, 4) is 0 Å². The Labute approximate surface area is 113 Å². The van der Waals surface area contributed by atoms with Crippen molar-refractivity contribution in [2.24, 2.45) is 10.9 Å². The van der Waals surface area contributed by atoms with Gasteiger partial charge in [-0.15, -0.1) is 0 Å². The summed E-state index contributed by atoms with van der Waals surface area (Å²) in [6, 6.07) is 11.1. The number of pyridine rings is 1. The molecule has 2 aromatic rings. The summed E-state index contributed by atoms with van der Waals surface area (Å²) < 4.78 is 0. The Kier molecular flexibility index (Phi) is 4.07. The van der Waals surface area contributed by atoms with E-state index in [2.05, 4.69) is 10.1 Å². The zero-order valence-electron chi connectivity index (χ0n) is 9.25. The second-order valence-electron chi connectivity index (χ2n) is 3.39. The van der Waals surface area contributed by atoms with Gasteiger partial charge in [0.15, 0.2) is 5.84 Å². The molecule has 0 unspecified atom stereocenters. The molecule has 1 heterocycles. The zero-order chi connectivity index (χ0) is 13.0. The van der Waals surface area contributed by atoms with Gasteiger partial charge in [-0.3, -0.25) is 4.98 Å². The predicted molar refractivity (Wildman–Crippen MR) is 72.3 cm³/mol. The minimum atomic E-state index is -0.00735. The Morgan fingerprint density at radius 3 is 2.67 bits per heavy atom. The summed E-state index contributed by atoms with van der Waals surface area (Å²) in [6.45, 7) is 0. The topological polar surface area (TPSA) is 71.5 Å². The van der Waals surface area contributed by atoms with Crippen molar-refractivity contribution >= 4 is 29.2 Å². The number of nitrogens with two attached hydrogens (primary N) is 1. The molecule has 0 aliphatic rings. The van der Waals surface area contributed by atoms with E-state index in [0.29, 0.717) is 10.7 Å². The summed E-state index contributed by atoms with van der Waals surface area (Å²) in [7, 11) is 0. The quantitative estimate of drug-likeness (QED) is 0.392. The molecule has 3 N–H and O–H groups in total. The van der Waals surface area contributed by atoms with Gasteiger partial charge in [0.1, 0.15) is 5.69 Å². The van der Waals surface area contributed by atoms with Crippen LogP contribution in [-0.2, 0) is 0 Å². The SMILES string of the molecule is N/C(=N/O)c1ncccc1Sc1ccc(Cl)cc1. The number of halogens is 1. The van der Waals surface area contributed by atoms with E-state index < -0.39 is 0 Å². The van der Waals surface area contributed by atoms with Crippen LogP contribution < -0.4 is 5.73 Å². The first-order valence-electron chi connectivity index (χ1n) is 5.07. The molecule has 0 saturated heterocycles. The van der Waals surface area contributed by atoms with Gasteiger partial charge in [0.05, 0.1) is 0 Å². The number of hydrogen-bond donors (Lipinski definition) is 2. The number of benzene rings is 1. The molecule has 0 amide bonds. The maximum Gasteiger partial charge on any atom is 0.189 e. The van der Waals surface area contributed by atoms with Crippen LogP contribution in [0.1, 0.15) is 5.69 Å². The molecule has 0 radical (unpaired) electrons. The molecule has 6 heteroatoms. The van der Waals surface area contributed by atoms with Crippen molar-refractivity contribution in [2.45, 2.75) is 9.79 Å². The van der Waals surface area contributed by atoms with Gasteiger partial charge < -0.3 is 10.9 Å². The lowest BCUT2D eigenvalue weighted by Crippen LogP contribution is -2.15. The van der Waals surface area contributed by atoms with Crippen LogP contribution >= 0.6 is 23.4 Å². The van der Waals surface area contributed by atoms with Crippen LogP contribution in [0.5, 0.6) is 0 Å². The monoisotopic (exact) mass is 279 g/mol. The van der Waals surface area contributed by atoms with E-state index >= 15 is 0 Å². The molecule has 1 aromatic heterocycles. The third-order valence-corrected chi connectivity index (χ3v) is 3.47. The second-order valence-corrected chi connectivity index (χ2v) is 4.94. The number of oxime groups is 1. The number of rotatable bonds is 3. The van der Waals surface area contributed by atoms with E-state index in [1.54, 1.807) is 12.3 Å². The summed E-state index contributed by atoms with van der Waals surface area (Å²) in [5, 5.41) is 12.4. The van der Waals surface area contributed by atoms with Gasteiger partial charge in [-0.25, -0.2) is 0 Å². The fourth-order valence-corrected chi connectivity index (χ4v) is 2.39. The molecule has 92 valence electrons. The molecule has 18 heavy (non-hydrogen) atoms. The van der Waals surface area contributed by atoms with Crippen LogP contribution in [0.15, 0.2) is 57.5 Å². The first-order chi connectivity index (χ1) is 8.70. The lowest BCUT2D eigenvalue weighted by Gasteiger charge is -2.06. The van der Waals surface area contributed by atoms with Crippen molar-refractivity contribution in [1.82, 2.24) is 4.98 Å². The molecule has 0 saturated carbocycles. The lowest BCUT2D eigenvalue weighted by molar-refractivity contribution is 0.318. The van der Waals surface area contributed by atoms with Crippen molar-refractivity contribution in [2.75, 3.05) is 0 Å². The summed E-state index contributed by atoms with van der Waals surface area (Å²) in [4.78, 5) is 5.91. The van der Waals surface area contributed by atoms with Gasteiger partial charge in [0.25, 0.3) is 0 Å². The van der Waals surface area contributed by atoms with Gasteiger partial charge in [-0.05, 0) is 36.4 Å². The molecule has 0 fully saturated rings. The van der Waals surface area contributed by atoms with Crippen molar-refractivity contribution < 1.29 is 5.21 Å². The van der Waals surface area contributed by atoms with Gasteiger partial charge in [0, 0.05) is 21.0 Å². The average Bonchev–Trinajstić information content (AvgIpc) is 2.41. The Bertz CT molecular complexity index is 572. The van der Waals surface area contributed by atoms with E-state index in [-0.39, 0.29) is 5.84 Å². The Hall–Kier alpha value is -1.72. The number of aromatic nitrogens is 1. The van der Waals surface area contributed by atoms with Gasteiger partial charge in [0.2, 0.25) is 0 Å². The predicted octanol–water partition coefficient (Wildman–Crippen LogP) is 2.98. The van der Waals surface area contributed by atoms with Gasteiger partial charge in [-0.2, -0.15) is 0 Å². The number of amidine groups is 1. The normalized spacial score (nSPS) is 11.5. The van der Waals surface area contributed by atoms with Gasteiger partial charge in [-0.1, -0.05) is 28.5 Å². The molecular weight excluding hydrogens is 270 g/mol. The Balaban J connectivity index is 2.32. The molecule has 0 spiro atoms. The molecule has 0 aliphatic carbocycles. The van der Waals surface area contributed by atoms with E-state index in [4.69, 9.17) is 22.5 Å². The zero-order valence-corrected chi connectivity index (χ0v) is 10.8. The highest BCUT2D eigenvalue weighted by atomic mass is 35.5. The van der Waals surface area contributed by atoms with Crippen LogP contribution in [0.25, 0.3) is 0 Å². The molecule has 1 aromatic carbocycles. The first-order valence-corrected chi connectivity index (χ1v) is 6.26. The Morgan fingerprint density at radius 1 is 1.28 bits per heavy atom. The highest BCUT2D eigenvalue weighted by Crippen LogP contribution is 2.30. The van der Waals surface area contributed by atoms with E-state index in [9.17, 15) is 0 Å². The summed E-state index contributed by atoms with van der Waals surface area (Å²) >= 11 is 7.30. The van der Waals surface area contributed by atoms with Gasteiger partial charge >= 0.3 is 0 Å². The second kappa shape index (κ2) is 5.75. The van der Waals surface area contributed by atoms with Crippen LogP contribution in [-0.4, -0.2) is 16.0 Å². The smallest absolute Gasteiger partial charge is 0.189 e. The molecule has 4 nitrogen and oxygen atoms in total. The number of hydrogen-bond acceptors (Lipinski definition) is 4. The summed E-state index contributed by atoms with van der Waals surface area (Å²) in [5.74, 6) is -0.00735. The third kappa shape index (κ3) is 2.94. The molecule has 0 atom stereocenters. The average molecular weight is 280 g/mol. The minimum absolute atomic E-state index is 0.00735. The highest BCUT2D eigenvalue weighted by Gasteiger charge is 2.09. The van der Waals surface area contributed by atoms with Crippen molar-refractivity contribution in [3.63, 3.8) is 0 Å². The van der Waals surface area contributed by atoms with E-state index in [1.807, 2.05) is 30.3 Å². The van der Waals surface area contributed by atoms with Crippen molar-refractivity contribution in [3.05, 3.63) is 53.3 Å². The van der Waals surface area contributed by atoms with E-state index in [0.717, 1.165) is 9.79 Å². The fourth-order valence-electron chi connectivity index (χ4n) is 1.34. The molecular formula is C12H10ClN3OS.